The van der Waals surface area contributed by atoms with Gasteiger partial charge in [-0.2, -0.15) is 5.10 Å². The summed E-state index contributed by atoms with van der Waals surface area (Å²) in [5.41, 5.74) is 8.63. The lowest BCUT2D eigenvalue weighted by atomic mass is 10.1. The Bertz CT molecular complexity index is 826. The van der Waals surface area contributed by atoms with Gasteiger partial charge in [0.2, 0.25) is 5.96 Å². The Hall–Kier alpha value is -3.15. The van der Waals surface area contributed by atoms with Crippen LogP contribution in [-0.2, 0) is 6.42 Å². The lowest BCUT2D eigenvalue weighted by molar-refractivity contribution is 0.112. The molecule has 0 amide bonds. The van der Waals surface area contributed by atoms with Gasteiger partial charge in [0.05, 0.1) is 6.04 Å². The maximum Gasteiger partial charge on any atom is 0.209 e. The molecule has 1 heterocycles. The van der Waals surface area contributed by atoms with Crippen LogP contribution in [-0.4, -0.2) is 47.1 Å². The first kappa shape index (κ1) is 19.6. The standard InChI is InChI=1S/C22H27N5O/c1-17(15-18-7-3-2-4-8-18)27(22(23)24)25-21(26-13-5-6-14-26)20-11-9-19(16-28)10-12-20/h2-4,7-12,16-17H,5-6,13-15H2,1H3,(H3,23,24). The second-order valence-electron chi connectivity index (χ2n) is 7.13. The van der Waals surface area contributed by atoms with Crippen molar-refractivity contribution < 1.29 is 4.79 Å². The van der Waals surface area contributed by atoms with E-state index >= 15 is 0 Å². The van der Waals surface area contributed by atoms with E-state index in [1.54, 1.807) is 17.1 Å². The summed E-state index contributed by atoms with van der Waals surface area (Å²) in [4.78, 5) is 13.2. The van der Waals surface area contributed by atoms with E-state index in [0.29, 0.717) is 5.56 Å². The molecule has 0 aromatic heterocycles. The van der Waals surface area contributed by atoms with Crippen LogP contribution in [0.2, 0.25) is 0 Å². The fourth-order valence-electron chi connectivity index (χ4n) is 3.48. The van der Waals surface area contributed by atoms with Crippen molar-refractivity contribution >= 4 is 18.1 Å². The summed E-state index contributed by atoms with van der Waals surface area (Å²) >= 11 is 0. The highest BCUT2D eigenvalue weighted by molar-refractivity contribution is 6.00. The van der Waals surface area contributed by atoms with Crippen molar-refractivity contribution in [3.05, 3.63) is 71.3 Å². The van der Waals surface area contributed by atoms with Crippen molar-refractivity contribution in [2.75, 3.05) is 13.1 Å². The smallest absolute Gasteiger partial charge is 0.209 e. The molecule has 6 nitrogen and oxygen atoms in total. The molecule has 3 rings (SSSR count). The molecule has 0 radical (unpaired) electrons. The Morgan fingerprint density at radius 3 is 2.39 bits per heavy atom. The fourth-order valence-corrected chi connectivity index (χ4v) is 3.48. The van der Waals surface area contributed by atoms with Gasteiger partial charge >= 0.3 is 0 Å². The van der Waals surface area contributed by atoms with Gasteiger partial charge in [0.15, 0.2) is 5.84 Å². The largest absolute Gasteiger partial charge is 0.369 e. The summed E-state index contributed by atoms with van der Waals surface area (Å²) in [5.74, 6) is 0.717. The highest BCUT2D eigenvalue weighted by Gasteiger charge is 2.22. The van der Waals surface area contributed by atoms with Gasteiger partial charge in [-0.1, -0.05) is 54.6 Å². The quantitative estimate of drug-likeness (QED) is 0.351. The monoisotopic (exact) mass is 377 g/mol. The highest BCUT2D eigenvalue weighted by atomic mass is 16.1. The second kappa shape index (κ2) is 9.17. The fraction of sp³-hybridized carbons (Fsp3) is 0.318. The van der Waals surface area contributed by atoms with Crippen LogP contribution < -0.4 is 5.73 Å². The Kier molecular flexibility index (Phi) is 6.42. The van der Waals surface area contributed by atoms with Crippen LogP contribution in [0.25, 0.3) is 0 Å². The molecule has 0 spiro atoms. The first-order valence-electron chi connectivity index (χ1n) is 9.65. The molecule has 0 saturated carbocycles. The van der Waals surface area contributed by atoms with Crippen molar-refractivity contribution in [3.8, 4) is 0 Å². The van der Waals surface area contributed by atoms with Crippen LogP contribution in [0.15, 0.2) is 59.7 Å². The lowest BCUT2D eigenvalue weighted by Gasteiger charge is -2.28. The third kappa shape index (κ3) is 4.76. The zero-order valence-corrected chi connectivity index (χ0v) is 16.2. The molecule has 1 aliphatic rings. The summed E-state index contributed by atoms with van der Waals surface area (Å²) in [6.45, 7) is 3.87. The number of likely N-dealkylation sites (tertiary alicyclic amines) is 1. The van der Waals surface area contributed by atoms with E-state index in [4.69, 9.17) is 16.2 Å². The van der Waals surface area contributed by atoms with Crippen molar-refractivity contribution in [2.45, 2.75) is 32.2 Å². The van der Waals surface area contributed by atoms with Gasteiger partial charge in [-0.05, 0) is 31.7 Å². The average molecular weight is 377 g/mol. The van der Waals surface area contributed by atoms with Gasteiger partial charge in [0.1, 0.15) is 6.29 Å². The number of carbonyl (C=O) groups is 1. The van der Waals surface area contributed by atoms with E-state index in [-0.39, 0.29) is 12.0 Å². The molecule has 0 bridgehead atoms. The maximum atomic E-state index is 11.0. The molecule has 2 aromatic carbocycles. The second-order valence-corrected chi connectivity index (χ2v) is 7.13. The van der Waals surface area contributed by atoms with Gasteiger partial charge in [-0.3, -0.25) is 10.2 Å². The summed E-state index contributed by atoms with van der Waals surface area (Å²) < 4.78 is 0. The minimum atomic E-state index is -0.0790. The number of nitrogens with zero attached hydrogens (tertiary/aromatic N) is 3. The Labute approximate surface area is 166 Å². The number of benzene rings is 2. The minimum Gasteiger partial charge on any atom is -0.369 e. The molecule has 6 heteroatoms. The Morgan fingerprint density at radius 2 is 1.82 bits per heavy atom. The van der Waals surface area contributed by atoms with Crippen molar-refractivity contribution in [2.24, 2.45) is 10.8 Å². The topological polar surface area (TPSA) is 85.8 Å². The summed E-state index contributed by atoms with van der Waals surface area (Å²) in [5, 5.41) is 14.5. The number of nitrogens with one attached hydrogen (secondary N) is 1. The van der Waals surface area contributed by atoms with Gasteiger partial charge in [0.25, 0.3) is 0 Å². The number of amidine groups is 1. The molecule has 1 unspecified atom stereocenters. The van der Waals surface area contributed by atoms with Crippen molar-refractivity contribution in [3.63, 3.8) is 0 Å². The molecular weight excluding hydrogens is 350 g/mol. The summed E-state index contributed by atoms with van der Waals surface area (Å²) in [7, 11) is 0. The normalized spacial score (nSPS) is 15.3. The molecule has 0 aliphatic carbocycles. The minimum absolute atomic E-state index is 0.0632. The van der Waals surface area contributed by atoms with Crippen molar-refractivity contribution in [1.82, 2.24) is 9.91 Å². The van der Waals surface area contributed by atoms with E-state index in [1.165, 1.54) is 5.56 Å². The number of guanidine groups is 1. The number of nitrogens with two attached hydrogens (primary N) is 1. The molecule has 1 aliphatic heterocycles. The van der Waals surface area contributed by atoms with Gasteiger partial charge in [-0.25, -0.2) is 5.01 Å². The van der Waals surface area contributed by atoms with Crippen LogP contribution in [0.4, 0.5) is 0 Å². The molecular formula is C22H27N5O. The predicted molar refractivity (Wildman–Crippen MR) is 113 cm³/mol. The molecule has 3 N–H and O–H groups in total. The molecule has 28 heavy (non-hydrogen) atoms. The van der Waals surface area contributed by atoms with Gasteiger partial charge < -0.3 is 10.6 Å². The number of hydrogen-bond donors (Lipinski definition) is 2. The van der Waals surface area contributed by atoms with E-state index in [2.05, 4.69) is 17.0 Å². The van der Waals surface area contributed by atoms with Crippen LogP contribution in [0.5, 0.6) is 0 Å². The molecule has 2 aromatic rings. The summed E-state index contributed by atoms with van der Waals surface area (Å²) in [6, 6.07) is 17.5. The Morgan fingerprint density at radius 1 is 1.18 bits per heavy atom. The predicted octanol–water partition coefficient (Wildman–Crippen LogP) is 3.08. The highest BCUT2D eigenvalue weighted by Crippen LogP contribution is 2.17. The number of hydrogen-bond acceptors (Lipinski definition) is 3. The number of hydrazone groups is 1. The van der Waals surface area contributed by atoms with Gasteiger partial charge in [-0.15, -0.1) is 0 Å². The molecule has 1 fully saturated rings. The number of aldehydes is 1. The summed E-state index contributed by atoms with van der Waals surface area (Å²) in [6.07, 6.45) is 3.80. The Balaban J connectivity index is 1.92. The van der Waals surface area contributed by atoms with Gasteiger partial charge in [0, 0.05) is 24.2 Å². The molecule has 146 valence electrons. The number of rotatable bonds is 6. The third-order valence-electron chi connectivity index (χ3n) is 4.95. The van der Waals surface area contributed by atoms with Crippen LogP contribution in [0.3, 0.4) is 0 Å². The lowest BCUT2D eigenvalue weighted by Crippen LogP contribution is -2.42. The maximum absolute atomic E-state index is 11.0. The third-order valence-corrected chi connectivity index (χ3v) is 4.95. The van der Waals surface area contributed by atoms with E-state index < -0.39 is 0 Å². The average Bonchev–Trinajstić information content (AvgIpc) is 3.24. The zero-order chi connectivity index (χ0) is 19.9. The first-order chi connectivity index (χ1) is 13.6. The van der Waals surface area contributed by atoms with Crippen LogP contribution in [0, 0.1) is 5.41 Å². The zero-order valence-electron chi connectivity index (χ0n) is 16.2. The SMILES string of the molecule is CC(Cc1ccccc1)N(N=C(c1ccc(C=O)cc1)N1CCCC1)C(=N)N. The van der Waals surface area contributed by atoms with E-state index in [0.717, 1.165) is 50.0 Å². The van der Waals surface area contributed by atoms with E-state index in [1.807, 2.05) is 37.3 Å². The van der Waals surface area contributed by atoms with Crippen LogP contribution in [0.1, 0.15) is 41.3 Å². The van der Waals surface area contributed by atoms with Crippen molar-refractivity contribution in [1.29, 1.82) is 5.41 Å². The van der Waals surface area contributed by atoms with Crippen LogP contribution >= 0.6 is 0 Å². The van der Waals surface area contributed by atoms with E-state index in [9.17, 15) is 4.79 Å². The number of carbonyl (C=O) groups excluding carboxylic acids is 1. The first-order valence-corrected chi connectivity index (χ1v) is 9.65. The molecule has 1 atom stereocenters. The molecule has 1 saturated heterocycles.